The molecule has 0 bridgehead atoms. The minimum absolute atomic E-state index is 0.177. The number of carbonyl (C=O) groups excluding carboxylic acids is 2. The van der Waals surface area contributed by atoms with Crippen molar-refractivity contribution in [1.29, 1.82) is 0 Å². The number of hydrazone groups is 2. The number of amides is 2. The molecule has 2 N–H and O–H groups in total. The number of nitro benzene ring substituents is 2. The molecule has 148 valence electrons. The van der Waals surface area contributed by atoms with Crippen LogP contribution in [-0.4, -0.2) is 34.1 Å². The van der Waals surface area contributed by atoms with Gasteiger partial charge in [0.1, 0.15) is 6.42 Å². The van der Waals surface area contributed by atoms with Crippen LogP contribution in [0.25, 0.3) is 0 Å². The average molecular weight is 398 g/mol. The Morgan fingerprint density at radius 1 is 0.793 bits per heavy atom. The van der Waals surface area contributed by atoms with Crippen molar-refractivity contribution in [2.24, 2.45) is 10.2 Å². The van der Waals surface area contributed by atoms with E-state index >= 15 is 0 Å². The smallest absolute Gasteiger partial charge is 0.273 e. The number of hydrogen-bond donors (Lipinski definition) is 2. The van der Waals surface area contributed by atoms with Gasteiger partial charge < -0.3 is 0 Å². The Hall–Kier alpha value is -4.48. The number of nitro groups is 2. The predicted octanol–water partition coefficient (Wildman–Crippen LogP) is 1.49. The quantitative estimate of drug-likeness (QED) is 0.295. The van der Waals surface area contributed by atoms with Gasteiger partial charge in [0.05, 0.1) is 33.4 Å². The number of para-hydroxylation sites is 2. The van der Waals surface area contributed by atoms with Crippen molar-refractivity contribution in [2.45, 2.75) is 6.42 Å². The van der Waals surface area contributed by atoms with E-state index in [1.165, 1.54) is 36.4 Å². The predicted molar refractivity (Wildman–Crippen MR) is 102 cm³/mol. The zero-order chi connectivity index (χ0) is 21.2. The Kier molecular flexibility index (Phi) is 7.19. The third-order valence-electron chi connectivity index (χ3n) is 3.37. The Labute approximate surface area is 163 Å². The third-order valence-corrected chi connectivity index (χ3v) is 3.37. The van der Waals surface area contributed by atoms with Gasteiger partial charge >= 0.3 is 0 Å². The SMILES string of the molecule is O=C(CC(=O)N/N=C\c1ccccc1[N+](=O)[O-])N/N=C\c1ccccc1[N+](=O)[O-]. The van der Waals surface area contributed by atoms with Crippen LogP contribution in [0.5, 0.6) is 0 Å². The molecule has 12 nitrogen and oxygen atoms in total. The summed E-state index contributed by atoms with van der Waals surface area (Å²) in [5, 5.41) is 28.9. The maximum absolute atomic E-state index is 11.7. The molecule has 0 unspecified atom stereocenters. The van der Waals surface area contributed by atoms with Crippen LogP contribution >= 0.6 is 0 Å². The molecule has 0 heterocycles. The van der Waals surface area contributed by atoms with Crippen molar-refractivity contribution >= 4 is 35.6 Å². The van der Waals surface area contributed by atoms with Gasteiger partial charge in [0, 0.05) is 12.1 Å². The van der Waals surface area contributed by atoms with Crippen molar-refractivity contribution in [3.8, 4) is 0 Å². The van der Waals surface area contributed by atoms with Gasteiger partial charge in [-0.05, 0) is 12.1 Å². The fourth-order valence-corrected chi connectivity index (χ4v) is 2.10. The average Bonchev–Trinajstić information content (AvgIpc) is 2.68. The maximum atomic E-state index is 11.7. The number of rotatable bonds is 8. The van der Waals surface area contributed by atoms with E-state index in [0.29, 0.717) is 0 Å². The van der Waals surface area contributed by atoms with Crippen molar-refractivity contribution in [3.63, 3.8) is 0 Å². The highest BCUT2D eigenvalue weighted by Crippen LogP contribution is 2.15. The molecule has 12 heteroatoms. The van der Waals surface area contributed by atoms with E-state index in [-0.39, 0.29) is 22.5 Å². The monoisotopic (exact) mass is 398 g/mol. The molecule has 0 spiro atoms. The maximum Gasteiger partial charge on any atom is 0.278 e. The van der Waals surface area contributed by atoms with Gasteiger partial charge in [0.25, 0.3) is 11.4 Å². The largest absolute Gasteiger partial charge is 0.278 e. The third kappa shape index (κ3) is 6.32. The van der Waals surface area contributed by atoms with E-state index in [9.17, 15) is 29.8 Å². The van der Waals surface area contributed by atoms with Crippen LogP contribution < -0.4 is 10.9 Å². The molecule has 0 saturated carbocycles. The summed E-state index contributed by atoms with van der Waals surface area (Å²) in [6.07, 6.45) is 1.55. The van der Waals surface area contributed by atoms with E-state index in [2.05, 4.69) is 21.1 Å². The lowest BCUT2D eigenvalue weighted by molar-refractivity contribution is -0.385. The molecular weight excluding hydrogens is 384 g/mol. The second kappa shape index (κ2) is 10.0. The van der Waals surface area contributed by atoms with Crippen molar-refractivity contribution < 1.29 is 19.4 Å². The van der Waals surface area contributed by atoms with Crippen LogP contribution in [0.1, 0.15) is 17.5 Å². The van der Waals surface area contributed by atoms with Gasteiger partial charge in [-0.25, -0.2) is 10.9 Å². The highest BCUT2D eigenvalue weighted by atomic mass is 16.6. The summed E-state index contributed by atoms with van der Waals surface area (Å²) < 4.78 is 0. The van der Waals surface area contributed by atoms with Gasteiger partial charge in [0.2, 0.25) is 11.8 Å². The molecule has 0 saturated heterocycles. The molecule has 0 atom stereocenters. The first-order valence-electron chi connectivity index (χ1n) is 7.99. The lowest BCUT2D eigenvalue weighted by Gasteiger charge is -2.00. The van der Waals surface area contributed by atoms with Crippen molar-refractivity contribution in [3.05, 3.63) is 79.9 Å². The highest BCUT2D eigenvalue weighted by molar-refractivity contribution is 5.97. The van der Waals surface area contributed by atoms with Crippen LogP contribution in [0.3, 0.4) is 0 Å². The number of benzene rings is 2. The first-order valence-corrected chi connectivity index (χ1v) is 7.99. The molecule has 2 rings (SSSR count). The Bertz CT molecular complexity index is 924. The van der Waals surface area contributed by atoms with Gasteiger partial charge in [-0.2, -0.15) is 10.2 Å². The van der Waals surface area contributed by atoms with Crippen LogP contribution in [0.4, 0.5) is 11.4 Å². The normalized spacial score (nSPS) is 10.8. The van der Waals surface area contributed by atoms with Crippen molar-refractivity contribution in [2.75, 3.05) is 0 Å². The van der Waals surface area contributed by atoms with Crippen molar-refractivity contribution in [1.82, 2.24) is 10.9 Å². The molecule has 2 aromatic carbocycles. The zero-order valence-corrected chi connectivity index (χ0v) is 14.7. The van der Waals surface area contributed by atoms with Crippen LogP contribution in [0.2, 0.25) is 0 Å². The molecule has 0 aliphatic heterocycles. The summed E-state index contributed by atoms with van der Waals surface area (Å²) in [6, 6.07) is 11.6. The Morgan fingerprint density at radius 3 is 1.55 bits per heavy atom. The van der Waals surface area contributed by atoms with Crippen LogP contribution in [-0.2, 0) is 9.59 Å². The summed E-state index contributed by atoms with van der Waals surface area (Å²) in [6.45, 7) is 0. The molecule has 2 amide bonds. The van der Waals surface area contributed by atoms with Gasteiger partial charge in [-0.3, -0.25) is 29.8 Å². The molecule has 0 aliphatic rings. The van der Waals surface area contributed by atoms with E-state index in [0.717, 1.165) is 12.4 Å². The lowest BCUT2D eigenvalue weighted by Crippen LogP contribution is -2.27. The summed E-state index contributed by atoms with van der Waals surface area (Å²) in [5.41, 5.74) is 4.11. The van der Waals surface area contributed by atoms with Crippen LogP contribution in [0.15, 0.2) is 58.7 Å². The summed E-state index contributed by atoms with van der Waals surface area (Å²) >= 11 is 0. The number of nitrogens with one attached hydrogen (secondary N) is 2. The molecular formula is C17H14N6O6. The first kappa shape index (κ1) is 20.8. The first-order chi connectivity index (χ1) is 13.9. The second-order valence-corrected chi connectivity index (χ2v) is 5.39. The molecule has 0 radical (unpaired) electrons. The lowest BCUT2D eigenvalue weighted by atomic mass is 10.2. The van der Waals surface area contributed by atoms with E-state index in [1.54, 1.807) is 12.1 Å². The second-order valence-electron chi connectivity index (χ2n) is 5.39. The van der Waals surface area contributed by atoms with Crippen LogP contribution in [0, 0.1) is 20.2 Å². The van der Waals surface area contributed by atoms with E-state index in [1.807, 2.05) is 0 Å². The number of hydrogen-bond acceptors (Lipinski definition) is 8. The highest BCUT2D eigenvalue weighted by Gasteiger charge is 2.12. The van der Waals surface area contributed by atoms with Gasteiger partial charge in [0.15, 0.2) is 0 Å². The fourth-order valence-electron chi connectivity index (χ4n) is 2.10. The molecule has 0 fully saturated rings. The minimum atomic E-state index is -0.779. The Morgan fingerprint density at radius 2 is 1.17 bits per heavy atom. The molecule has 0 aromatic heterocycles. The topological polar surface area (TPSA) is 169 Å². The minimum Gasteiger partial charge on any atom is -0.273 e. The fraction of sp³-hybridized carbons (Fsp3) is 0.0588. The molecule has 2 aromatic rings. The summed E-state index contributed by atoms with van der Waals surface area (Å²) in [5.74, 6) is -1.56. The standard InChI is InChI=1S/C17H14N6O6/c24-16(20-18-10-12-5-1-3-7-14(12)22(26)27)9-17(25)21-19-11-13-6-2-4-8-15(13)23(28)29/h1-8,10-11H,9H2,(H,20,24)(H,21,25)/b18-10-,19-11-. The van der Waals surface area contributed by atoms with Gasteiger partial charge in [-0.15, -0.1) is 0 Å². The molecule has 0 aliphatic carbocycles. The zero-order valence-electron chi connectivity index (χ0n) is 14.7. The van der Waals surface area contributed by atoms with E-state index in [4.69, 9.17) is 0 Å². The molecule has 29 heavy (non-hydrogen) atoms. The summed E-state index contributed by atoms with van der Waals surface area (Å²) in [4.78, 5) is 43.9. The number of nitrogens with zero attached hydrogens (tertiary/aromatic N) is 4. The van der Waals surface area contributed by atoms with E-state index < -0.39 is 28.1 Å². The summed E-state index contributed by atoms with van der Waals surface area (Å²) in [7, 11) is 0. The number of carbonyl (C=O) groups is 2. The van der Waals surface area contributed by atoms with Gasteiger partial charge in [-0.1, -0.05) is 24.3 Å². The Balaban J connectivity index is 1.86.